The van der Waals surface area contributed by atoms with Crippen LogP contribution in [0.5, 0.6) is 0 Å². The lowest BCUT2D eigenvalue weighted by atomic mass is 9.94. The van der Waals surface area contributed by atoms with Gasteiger partial charge >= 0.3 is 0 Å². The van der Waals surface area contributed by atoms with Crippen molar-refractivity contribution in [3.63, 3.8) is 0 Å². The number of likely N-dealkylation sites (tertiary alicyclic amines) is 1. The summed E-state index contributed by atoms with van der Waals surface area (Å²) in [5.74, 6) is 0.342. The van der Waals surface area contributed by atoms with Crippen molar-refractivity contribution < 1.29 is 9.42 Å². The van der Waals surface area contributed by atoms with Crippen molar-refractivity contribution in [2.45, 2.75) is 32.1 Å². The Morgan fingerprint density at radius 3 is 3.10 bits per heavy atom. The molecule has 1 saturated heterocycles. The summed E-state index contributed by atoms with van der Waals surface area (Å²) in [4.78, 5) is 22.5. The van der Waals surface area contributed by atoms with E-state index in [0.717, 1.165) is 25.1 Å². The number of rotatable bonds is 3. The zero-order valence-corrected chi connectivity index (χ0v) is 11.9. The van der Waals surface area contributed by atoms with Gasteiger partial charge in [-0.05, 0) is 25.8 Å². The molecule has 21 heavy (non-hydrogen) atoms. The second kappa shape index (κ2) is 5.99. The molecule has 2 aromatic rings. The molecule has 0 unspecified atom stereocenters. The van der Waals surface area contributed by atoms with E-state index in [9.17, 15) is 4.79 Å². The van der Waals surface area contributed by atoms with Crippen LogP contribution in [-0.4, -0.2) is 44.2 Å². The minimum atomic E-state index is 0.0626. The molecule has 1 aliphatic heterocycles. The van der Waals surface area contributed by atoms with Gasteiger partial charge in [0.2, 0.25) is 5.91 Å². The van der Waals surface area contributed by atoms with Gasteiger partial charge in [0.25, 0.3) is 0 Å². The fourth-order valence-corrected chi connectivity index (χ4v) is 2.65. The van der Waals surface area contributed by atoms with Gasteiger partial charge in [0.1, 0.15) is 17.7 Å². The normalized spacial score (nSPS) is 18.7. The maximum atomic E-state index is 12.4. The minimum Gasteiger partial charge on any atom is -0.342 e. The molecule has 110 valence electrons. The molecular formula is C14H17N5O2. The third kappa shape index (κ3) is 3.07. The Bertz CT molecular complexity index is 613. The van der Waals surface area contributed by atoms with Crippen LogP contribution in [0.2, 0.25) is 0 Å². The monoisotopic (exact) mass is 287 g/mol. The van der Waals surface area contributed by atoms with Gasteiger partial charge in [-0.15, -0.1) is 0 Å². The van der Waals surface area contributed by atoms with Crippen LogP contribution >= 0.6 is 0 Å². The van der Waals surface area contributed by atoms with Crippen LogP contribution in [-0.2, 0) is 11.2 Å². The Hall–Kier alpha value is -2.31. The molecule has 2 aromatic heterocycles. The lowest BCUT2D eigenvalue weighted by molar-refractivity contribution is -0.131. The maximum Gasteiger partial charge on any atom is 0.228 e. The average molecular weight is 287 g/mol. The van der Waals surface area contributed by atoms with Crippen LogP contribution in [0.1, 0.15) is 35.8 Å². The van der Waals surface area contributed by atoms with E-state index in [1.807, 2.05) is 11.0 Å². The van der Waals surface area contributed by atoms with E-state index in [2.05, 4.69) is 24.9 Å². The molecule has 0 aliphatic carbocycles. The topological polar surface area (TPSA) is 85.0 Å². The lowest BCUT2D eigenvalue weighted by Gasteiger charge is -2.32. The quantitative estimate of drug-likeness (QED) is 0.841. The first-order valence-corrected chi connectivity index (χ1v) is 7.06. The number of hydrogen-bond donors (Lipinski definition) is 0. The van der Waals surface area contributed by atoms with E-state index >= 15 is 0 Å². The van der Waals surface area contributed by atoms with Crippen molar-refractivity contribution in [3.05, 3.63) is 35.7 Å². The van der Waals surface area contributed by atoms with E-state index in [1.165, 1.54) is 0 Å². The predicted molar refractivity (Wildman–Crippen MR) is 73.3 cm³/mol. The third-order valence-corrected chi connectivity index (χ3v) is 3.86. The molecule has 0 aromatic carbocycles. The number of piperidine rings is 1. The number of aromatic nitrogens is 4. The molecule has 1 amide bonds. The molecule has 3 heterocycles. The number of carbonyl (C=O) groups excluding carboxylic acids is 1. The summed E-state index contributed by atoms with van der Waals surface area (Å²) >= 11 is 0. The van der Waals surface area contributed by atoms with Crippen molar-refractivity contribution in [2.75, 3.05) is 13.1 Å². The Balaban J connectivity index is 1.66. The molecule has 7 heteroatoms. The van der Waals surface area contributed by atoms with Crippen molar-refractivity contribution in [1.29, 1.82) is 0 Å². The highest BCUT2D eigenvalue weighted by Crippen LogP contribution is 2.25. The number of hydrogen-bond acceptors (Lipinski definition) is 6. The zero-order valence-electron chi connectivity index (χ0n) is 11.9. The Kier molecular flexibility index (Phi) is 3.89. The largest absolute Gasteiger partial charge is 0.342 e. The molecule has 0 spiro atoms. The van der Waals surface area contributed by atoms with E-state index in [1.54, 1.807) is 19.4 Å². The van der Waals surface area contributed by atoms with E-state index in [-0.39, 0.29) is 18.2 Å². The van der Waals surface area contributed by atoms with Crippen LogP contribution < -0.4 is 0 Å². The fraction of sp³-hybridized carbons (Fsp3) is 0.500. The van der Waals surface area contributed by atoms with E-state index in [4.69, 9.17) is 0 Å². The molecule has 7 nitrogen and oxygen atoms in total. The summed E-state index contributed by atoms with van der Waals surface area (Å²) in [7, 11) is 0. The van der Waals surface area contributed by atoms with Gasteiger partial charge < -0.3 is 4.90 Å². The van der Waals surface area contributed by atoms with Crippen molar-refractivity contribution in [1.82, 2.24) is 25.2 Å². The second-order valence-electron chi connectivity index (χ2n) is 5.29. The first kappa shape index (κ1) is 13.7. The zero-order chi connectivity index (χ0) is 14.7. The molecule has 1 aliphatic rings. The summed E-state index contributed by atoms with van der Waals surface area (Å²) in [5.41, 5.74) is 2.29. The molecule has 0 bridgehead atoms. The molecule has 1 atom stereocenters. The molecule has 0 saturated carbocycles. The van der Waals surface area contributed by atoms with Crippen molar-refractivity contribution >= 4 is 5.91 Å². The summed E-state index contributed by atoms with van der Waals surface area (Å²) < 4.78 is 4.64. The Morgan fingerprint density at radius 2 is 2.38 bits per heavy atom. The standard InChI is InChI=1S/C14H17N5O2/c1-10-13(18-21-17-10)7-14(20)19-6-2-3-11(8-19)12-4-5-15-9-16-12/h4-5,9,11H,2-3,6-8H2,1H3/t11-/m0/s1. The molecule has 0 radical (unpaired) electrons. The molecule has 3 rings (SSSR count). The highest BCUT2D eigenvalue weighted by atomic mass is 16.6. The molecule has 1 fully saturated rings. The summed E-state index contributed by atoms with van der Waals surface area (Å²) in [6.07, 6.45) is 5.57. The Labute approximate surface area is 122 Å². The Morgan fingerprint density at radius 1 is 1.48 bits per heavy atom. The number of carbonyl (C=O) groups is 1. The van der Waals surface area contributed by atoms with Gasteiger partial charge in [-0.3, -0.25) is 4.79 Å². The number of amides is 1. The van der Waals surface area contributed by atoms with Crippen LogP contribution in [0.25, 0.3) is 0 Å². The summed E-state index contributed by atoms with van der Waals surface area (Å²) in [5, 5.41) is 7.48. The third-order valence-electron chi connectivity index (χ3n) is 3.86. The lowest BCUT2D eigenvalue weighted by Crippen LogP contribution is -2.40. The highest BCUT2D eigenvalue weighted by Gasteiger charge is 2.26. The number of aryl methyl sites for hydroxylation is 1. The molecular weight excluding hydrogens is 270 g/mol. The van der Waals surface area contributed by atoms with Gasteiger partial charge in [-0.2, -0.15) is 0 Å². The second-order valence-corrected chi connectivity index (χ2v) is 5.29. The predicted octanol–water partition coefficient (Wildman–Crippen LogP) is 1.12. The van der Waals surface area contributed by atoms with Gasteiger partial charge in [0.05, 0.1) is 6.42 Å². The molecule has 0 N–H and O–H groups in total. The maximum absolute atomic E-state index is 12.4. The van der Waals surface area contributed by atoms with Crippen LogP contribution in [0.15, 0.2) is 23.2 Å². The van der Waals surface area contributed by atoms with Crippen molar-refractivity contribution in [2.24, 2.45) is 0 Å². The van der Waals surface area contributed by atoms with E-state index in [0.29, 0.717) is 17.9 Å². The smallest absolute Gasteiger partial charge is 0.228 e. The summed E-state index contributed by atoms with van der Waals surface area (Å²) in [6, 6.07) is 1.92. The van der Waals surface area contributed by atoms with Gasteiger partial charge in [0, 0.05) is 30.9 Å². The van der Waals surface area contributed by atoms with Gasteiger partial charge in [0.15, 0.2) is 0 Å². The summed E-state index contributed by atoms with van der Waals surface area (Å²) in [6.45, 7) is 3.27. The first-order chi connectivity index (χ1) is 10.2. The van der Waals surface area contributed by atoms with E-state index < -0.39 is 0 Å². The van der Waals surface area contributed by atoms with Gasteiger partial charge in [-0.1, -0.05) is 10.3 Å². The first-order valence-electron chi connectivity index (χ1n) is 7.06. The average Bonchev–Trinajstić information content (AvgIpc) is 2.93. The van der Waals surface area contributed by atoms with Crippen LogP contribution in [0, 0.1) is 6.92 Å². The van der Waals surface area contributed by atoms with Crippen LogP contribution in [0.4, 0.5) is 0 Å². The highest BCUT2D eigenvalue weighted by molar-refractivity contribution is 5.78. The van der Waals surface area contributed by atoms with Gasteiger partial charge in [-0.25, -0.2) is 14.6 Å². The fourth-order valence-electron chi connectivity index (χ4n) is 2.65. The van der Waals surface area contributed by atoms with Crippen molar-refractivity contribution in [3.8, 4) is 0 Å². The SMILES string of the molecule is Cc1nonc1CC(=O)N1CCC[C@H](c2ccncn2)C1. The minimum absolute atomic E-state index is 0.0626. The number of nitrogens with zero attached hydrogens (tertiary/aromatic N) is 5. The van der Waals surface area contributed by atoms with Crippen LogP contribution in [0.3, 0.4) is 0 Å².